The van der Waals surface area contributed by atoms with E-state index in [1.165, 1.54) is 12.1 Å². The molecule has 1 aromatic heterocycles. The fraction of sp³-hybridized carbons (Fsp3) is 0.353. The third-order valence-electron chi connectivity index (χ3n) is 3.78. The maximum atomic E-state index is 12.9. The highest BCUT2D eigenvalue weighted by Crippen LogP contribution is 2.33. The van der Waals surface area contributed by atoms with Crippen molar-refractivity contribution in [2.24, 2.45) is 5.41 Å². The van der Waals surface area contributed by atoms with Gasteiger partial charge in [-0.3, -0.25) is 4.79 Å². The molecule has 21 heavy (non-hydrogen) atoms. The standard InChI is InChI=1S/C17H17FN2O/c1-17(2)8-14-13(15(21)9-17)10-19-16(20-14)7-11-3-5-12(18)6-4-11/h3-6,10H,7-9H2,1-2H3. The molecule has 0 aliphatic heterocycles. The molecule has 1 aromatic carbocycles. The van der Waals surface area contributed by atoms with Gasteiger partial charge in [-0.2, -0.15) is 0 Å². The van der Waals surface area contributed by atoms with Crippen LogP contribution < -0.4 is 0 Å². The van der Waals surface area contributed by atoms with Crippen molar-refractivity contribution in [1.29, 1.82) is 0 Å². The smallest absolute Gasteiger partial charge is 0.166 e. The van der Waals surface area contributed by atoms with Crippen LogP contribution in [-0.4, -0.2) is 15.8 Å². The number of Topliss-reactive ketones (excluding diaryl/α,β-unsaturated/α-hetero) is 1. The van der Waals surface area contributed by atoms with Gasteiger partial charge in [0.15, 0.2) is 5.78 Å². The van der Waals surface area contributed by atoms with Gasteiger partial charge in [-0.05, 0) is 29.5 Å². The quantitative estimate of drug-likeness (QED) is 0.849. The van der Waals surface area contributed by atoms with Crippen LogP contribution in [0.1, 0.15) is 47.7 Å². The van der Waals surface area contributed by atoms with Crippen LogP contribution >= 0.6 is 0 Å². The normalized spacial score (nSPS) is 16.6. The molecule has 4 heteroatoms. The maximum Gasteiger partial charge on any atom is 0.166 e. The molecule has 108 valence electrons. The van der Waals surface area contributed by atoms with E-state index in [9.17, 15) is 9.18 Å². The number of halogens is 1. The molecule has 2 aromatic rings. The summed E-state index contributed by atoms with van der Waals surface area (Å²) >= 11 is 0. The first kappa shape index (κ1) is 13.9. The second-order valence-corrected chi connectivity index (χ2v) is 6.39. The topological polar surface area (TPSA) is 42.9 Å². The van der Waals surface area contributed by atoms with Crippen molar-refractivity contribution in [3.05, 3.63) is 58.9 Å². The van der Waals surface area contributed by atoms with E-state index in [0.29, 0.717) is 24.2 Å². The zero-order valence-corrected chi connectivity index (χ0v) is 12.2. The lowest BCUT2D eigenvalue weighted by Crippen LogP contribution is -2.28. The average Bonchev–Trinajstić information content (AvgIpc) is 2.39. The molecule has 3 rings (SSSR count). The van der Waals surface area contributed by atoms with Crippen LogP contribution in [0.3, 0.4) is 0 Å². The molecule has 1 heterocycles. The molecular formula is C17H17FN2O. The minimum Gasteiger partial charge on any atom is -0.294 e. The van der Waals surface area contributed by atoms with E-state index in [2.05, 4.69) is 23.8 Å². The van der Waals surface area contributed by atoms with Crippen molar-refractivity contribution < 1.29 is 9.18 Å². The summed E-state index contributed by atoms with van der Waals surface area (Å²) in [7, 11) is 0. The maximum absolute atomic E-state index is 12.9. The number of carbonyl (C=O) groups excluding carboxylic acids is 1. The Morgan fingerprint density at radius 3 is 2.62 bits per heavy atom. The summed E-state index contributed by atoms with van der Waals surface area (Å²) in [5, 5.41) is 0. The van der Waals surface area contributed by atoms with Gasteiger partial charge in [0.1, 0.15) is 11.6 Å². The molecule has 0 N–H and O–H groups in total. The summed E-state index contributed by atoms with van der Waals surface area (Å²) in [6.45, 7) is 4.16. The summed E-state index contributed by atoms with van der Waals surface area (Å²) in [4.78, 5) is 20.9. The highest BCUT2D eigenvalue weighted by atomic mass is 19.1. The number of fused-ring (bicyclic) bond motifs is 1. The van der Waals surface area contributed by atoms with Crippen molar-refractivity contribution in [2.75, 3.05) is 0 Å². The van der Waals surface area contributed by atoms with Gasteiger partial charge in [0.25, 0.3) is 0 Å². The van der Waals surface area contributed by atoms with Gasteiger partial charge < -0.3 is 0 Å². The first-order valence-corrected chi connectivity index (χ1v) is 7.05. The molecule has 0 amide bonds. The van der Waals surface area contributed by atoms with E-state index in [4.69, 9.17) is 0 Å². The van der Waals surface area contributed by atoms with Crippen LogP contribution in [-0.2, 0) is 12.8 Å². The molecule has 0 spiro atoms. The van der Waals surface area contributed by atoms with E-state index in [1.807, 2.05) is 0 Å². The third kappa shape index (κ3) is 2.99. The van der Waals surface area contributed by atoms with E-state index in [1.54, 1.807) is 18.3 Å². The van der Waals surface area contributed by atoms with Crippen LogP contribution in [0.15, 0.2) is 30.5 Å². The highest BCUT2D eigenvalue weighted by Gasteiger charge is 2.32. The SMILES string of the molecule is CC1(C)CC(=O)c2cnc(Cc3ccc(F)cc3)nc2C1. The first-order valence-electron chi connectivity index (χ1n) is 7.05. The third-order valence-corrected chi connectivity index (χ3v) is 3.78. The fourth-order valence-electron chi connectivity index (χ4n) is 2.74. The van der Waals surface area contributed by atoms with Gasteiger partial charge in [0.05, 0.1) is 11.3 Å². The Kier molecular flexibility index (Phi) is 3.32. The number of benzene rings is 1. The summed E-state index contributed by atoms with van der Waals surface area (Å²) in [5.74, 6) is 0.540. The van der Waals surface area contributed by atoms with Crippen LogP contribution in [0.25, 0.3) is 0 Å². The number of hydrogen-bond donors (Lipinski definition) is 0. The van der Waals surface area contributed by atoms with Crippen molar-refractivity contribution >= 4 is 5.78 Å². The number of nitrogens with zero attached hydrogens (tertiary/aromatic N) is 2. The number of rotatable bonds is 2. The van der Waals surface area contributed by atoms with Crippen LogP contribution in [0.2, 0.25) is 0 Å². The molecule has 1 aliphatic carbocycles. The van der Waals surface area contributed by atoms with Crippen molar-refractivity contribution in [1.82, 2.24) is 9.97 Å². The molecule has 0 saturated heterocycles. The number of carbonyl (C=O) groups is 1. The Balaban J connectivity index is 1.89. The Hall–Kier alpha value is -2.10. The van der Waals surface area contributed by atoms with Crippen molar-refractivity contribution in [3.8, 4) is 0 Å². The Morgan fingerprint density at radius 2 is 1.90 bits per heavy atom. The summed E-state index contributed by atoms with van der Waals surface area (Å²) in [5.41, 5.74) is 2.39. The molecule has 3 nitrogen and oxygen atoms in total. The van der Waals surface area contributed by atoms with E-state index >= 15 is 0 Å². The zero-order chi connectivity index (χ0) is 15.0. The lowest BCUT2D eigenvalue weighted by Gasteiger charge is -2.29. The minimum atomic E-state index is -0.252. The predicted molar refractivity (Wildman–Crippen MR) is 77.7 cm³/mol. The fourth-order valence-corrected chi connectivity index (χ4v) is 2.74. The van der Waals surface area contributed by atoms with Gasteiger partial charge in [0.2, 0.25) is 0 Å². The molecule has 0 saturated carbocycles. The Bertz CT molecular complexity index is 692. The van der Waals surface area contributed by atoms with Crippen LogP contribution in [0.5, 0.6) is 0 Å². The molecule has 0 fully saturated rings. The van der Waals surface area contributed by atoms with Crippen molar-refractivity contribution in [3.63, 3.8) is 0 Å². The molecule has 1 aliphatic rings. The van der Waals surface area contributed by atoms with E-state index < -0.39 is 0 Å². The van der Waals surface area contributed by atoms with Crippen LogP contribution in [0.4, 0.5) is 4.39 Å². The van der Waals surface area contributed by atoms with Gasteiger partial charge >= 0.3 is 0 Å². The predicted octanol–water partition coefficient (Wildman–Crippen LogP) is 3.36. The van der Waals surface area contributed by atoms with Gasteiger partial charge in [0, 0.05) is 19.0 Å². The summed E-state index contributed by atoms with van der Waals surface area (Å²) < 4.78 is 12.9. The lowest BCUT2D eigenvalue weighted by atomic mass is 9.76. The minimum absolute atomic E-state index is 0.0500. The highest BCUT2D eigenvalue weighted by molar-refractivity contribution is 5.98. The number of ketones is 1. The average molecular weight is 284 g/mol. The second-order valence-electron chi connectivity index (χ2n) is 6.39. The summed E-state index contributed by atoms with van der Waals surface area (Å²) in [6, 6.07) is 6.32. The molecule has 0 bridgehead atoms. The van der Waals surface area contributed by atoms with Gasteiger partial charge in [-0.25, -0.2) is 14.4 Å². The summed E-state index contributed by atoms with van der Waals surface area (Å²) in [6.07, 6.45) is 3.51. The van der Waals surface area contributed by atoms with Gasteiger partial charge in [-0.1, -0.05) is 26.0 Å². The second kappa shape index (κ2) is 5.02. The van der Waals surface area contributed by atoms with Gasteiger partial charge in [-0.15, -0.1) is 0 Å². The molecule has 0 atom stereocenters. The Labute approximate surface area is 123 Å². The van der Waals surface area contributed by atoms with E-state index in [0.717, 1.165) is 17.7 Å². The van der Waals surface area contributed by atoms with Crippen molar-refractivity contribution in [2.45, 2.75) is 33.1 Å². The molecule has 0 unspecified atom stereocenters. The first-order chi connectivity index (χ1) is 9.93. The largest absolute Gasteiger partial charge is 0.294 e. The number of aromatic nitrogens is 2. The Morgan fingerprint density at radius 1 is 1.19 bits per heavy atom. The lowest BCUT2D eigenvalue weighted by molar-refractivity contribution is 0.0909. The number of hydrogen-bond acceptors (Lipinski definition) is 3. The molecule has 0 radical (unpaired) electrons. The van der Waals surface area contributed by atoms with E-state index in [-0.39, 0.29) is 17.0 Å². The monoisotopic (exact) mass is 284 g/mol. The van der Waals surface area contributed by atoms with Crippen LogP contribution in [0, 0.1) is 11.2 Å². The molecular weight excluding hydrogens is 267 g/mol. The zero-order valence-electron chi connectivity index (χ0n) is 12.2.